The molecule has 1 saturated heterocycles. The highest BCUT2D eigenvalue weighted by Crippen LogP contribution is 2.12. The van der Waals surface area contributed by atoms with Gasteiger partial charge in [-0.2, -0.15) is 0 Å². The molecule has 0 unspecified atom stereocenters. The molecule has 1 aliphatic heterocycles. The predicted octanol–water partition coefficient (Wildman–Crippen LogP) is 1.21. The molecule has 0 bridgehead atoms. The van der Waals surface area contributed by atoms with Crippen LogP contribution in [-0.4, -0.2) is 51.0 Å². The minimum atomic E-state index is -0.0346. The van der Waals surface area contributed by atoms with Gasteiger partial charge in [-0.25, -0.2) is 4.68 Å². The molecule has 0 aliphatic carbocycles. The van der Waals surface area contributed by atoms with E-state index in [1.165, 1.54) is 4.88 Å². The van der Waals surface area contributed by atoms with E-state index >= 15 is 0 Å². The van der Waals surface area contributed by atoms with Crippen molar-refractivity contribution in [1.29, 1.82) is 0 Å². The molecular weight excluding hydrogens is 286 g/mol. The highest BCUT2D eigenvalue weighted by Gasteiger charge is 2.27. The van der Waals surface area contributed by atoms with Gasteiger partial charge in [0.15, 0.2) is 5.69 Å². The number of carbonyl (C=O) groups excluding carboxylic acids is 1. The van der Waals surface area contributed by atoms with Gasteiger partial charge in [-0.15, -0.1) is 16.4 Å². The van der Waals surface area contributed by atoms with Gasteiger partial charge in [-0.1, -0.05) is 11.3 Å². The largest absolute Gasteiger partial charge is 0.334 e. The number of aromatic nitrogens is 3. The van der Waals surface area contributed by atoms with Crippen LogP contribution in [0.2, 0.25) is 0 Å². The zero-order valence-corrected chi connectivity index (χ0v) is 13.0. The molecule has 0 spiro atoms. The summed E-state index contributed by atoms with van der Waals surface area (Å²) in [5.74, 6) is -0.0346. The molecule has 112 valence electrons. The van der Waals surface area contributed by atoms with Crippen molar-refractivity contribution in [3.8, 4) is 0 Å². The lowest BCUT2D eigenvalue weighted by atomic mass is 10.1. The summed E-state index contributed by atoms with van der Waals surface area (Å²) in [5.41, 5.74) is 0.424. The first-order valence-corrected chi connectivity index (χ1v) is 7.97. The topological polar surface area (TPSA) is 63.1 Å². The van der Waals surface area contributed by atoms with E-state index in [-0.39, 0.29) is 5.91 Å². The van der Waals surface area contributed by atoms with Crippen molar-refractivity contribution in [1.82, 2.24) is 25.2 Å². The Labute approximate surface area is 127 Å². The average molecular weight is 305 g/mol. The second-order valence-corrected chi connectivity index (χ2v) is 6.59. The van der Waals surface area contributed by atoms with Gasteiger partial charge in [0.05, 0.1) is 12.7 Å². The maximum Gasteiger partial charge on any atom is 0.276 e. The summed E-state index contributed by atoms with van der Waals surface area (Å²) >= 11 is 1.67. The first-order chi connectivity index (χ1) is 10.1. The Hall–Kier alpha value is -1.73. The molecule has 1 fully saturated rings. The number of thiophene rings is 1. The van der Waals surface area contributed by atoms with Crippen molar-refractivity contribution >= 4 is 17.2 Å². The maximum atomic E-state index is 12.5. The molecule has 7 heteroatoms. The summed E-state index contributed by atoms with van der Waals surface area (Å²) in [5, 5.41) is 13.5. The fourth-order valence-corrected chi connectivity index (χ4v) is 3.39. The monoisotopic (exact) mass is 305 g/mol. The van der Waals surface area contributed by atoms with E-state index in [0.29, 0.717) is 37.4 Å². The lowest BCUT2D eigenvalue weighted by molar-refractivity contribution is 0.0667. The summed E-state index contributed by atoms with van der Waals surface area (Å²) in [4.78, 5) is 15.5. The maximum absolute atomic E-state index is 12.5. The number of hydrogen-bond acceptors (Lipinski definition) is 5. The van der Waals surface area contributed by atoms with E-state index in [1.807, 2.05) is 22.4 Å². The van der Waals surface area contributed by atoms with Crippen LogP contribution in [0.4, 0.5) is 0 Å². The van der Waals surface area contributed by atoms with Crippen LogP contribution in [0.1, 0.15) is 29.2 Å². The minimum Gasteiger partial charge on any atom is -0.334 e. The summed E-state index contributed by atoms with van der Waals surface area (Å²) in [6.45, 7) is 6.25. The van der Waals surface area contributed by atoms with E-state index in [0.717, 1.165) is 0 Å². The second-order valence-electron chi connectivity index (χ2n) is 5.56. The van der Waals surface area contributed by atoms with Crippen molar-refractivity contribution in [2.75, 3.05) is 13.1 Å². The van der Waals surface area contributed by atoms with Crippen molar-refractivity contribution in [3.05, 3.63) is 34.3 Å². The van der Waals surface area contributed by atoms with Gasteiger partial charge in [0, 0.05) is 30.1 Å². The Morgan fingerprint density at radius 2 is 2.19 bits per heavy atom. The van der Waals surface area contributed by atoms with Gasteiger partial charge < -0.3 is 10.2 Å². The fourth-order valence-electron chi connectivity index (χ4n) is 2.69. The normalized spacial score (nSPS) is 22.5. The van der Waals surface area contributed by atoms with E-state index in [1.54, 1.807) is 22.2 Å². The van der Waals surface area contributed by atoms with Crippen LogP contribution in [-0.2, 0) is 6.54 Å². The molecule has 0 saturated carbocycles. The SMILES string of the molecule is C[C@@H]1CN(C(=O)c2cn(Cc3cccs3)nn2)C[C@@H](C)N1. The van der Waals surface area contributed by atoms with Crippen molar-refractivity contribution in [2.45, 2.75) is 32.5 Å². The molecule has 1 amide bonds. The van der Waals surface area contributed by atoms with E-state index in [2.05, 4.69) is 29.5 Å². The molecule has 21 heavy (non-hydrogen) atoms. The summed E-state index contributed by atoms with van der Waals surface area (Å²) < 4.78 is 1.72. The quantitative estimate of drug-likeness (QED) is 0.926. The molecular formula is C14H19N5OS. The lowest BCUT2D eigenvalue weighted by Gasteiger charge is -2.35. The number of rotatable bonds is 3. The summed E-state index contributed by atoms with van der Waals surface area (Å²) in [6, 6.07) is 4.66. The van der Waals surface area contributed by atoms with Crippen LogP contribution in [0, 0.1) is 0 Å². The third kappa shape index (κ3) is 3.30. The third-order valence-corrected chi connectivity index (χ3v) is 4.36. The number of amides is 1. The molecule has 1 N–H and O–H groups in total. The van der Waals surface area contributed by atoms with Crippen molar-refractivity contribution < 1.29 is 4.79 Å². The van der Waals surface area contributed by atoms with Crippen molar-refractivity contribution in [2.24, 2.45) is 0 Å². The number of piperazine rings is 1. The smallest absolute Gasteiger partial charge is 0.276 e. The minimum absolute atomic E-state index is 0.0346. The number of nitrogens with zero attached hydrogens (tertiary/aromatic N) is 4. The van der Waals surface area contributed by atoms with Gasteiger partial charge in [-0.05, 0) is 25.3 Å². The summed E-state index contributed by atoms with van der Waals surface area (Å²) in [7, 11) is 0. The molecule has 2 aromatic heterocycles. The van der Waals surface area contributed by atoms with Crippen LogP contribution in [0.15, 0.2) is 23.7 Å². The van der Waals surface area contributed by atoms with E-state index in [9.17, 15) is 4.79 Å². The zero-order chi connectivity index (χ0) is 14.8. The lowest BCUT2D eigenvalue weighted by Crippen LogP contribution is -2.55. The second kappa shape index (κ2) is 5.95. The molecule has 6 nitrogen and oxygen atoms in total. The number of hydrogen-bond donors (Lipinski definition) is 1. The highest BCUT2D eigenvalue weighted by atomic mass is 32.1. The predicted molar refractivity (Wildman–Crippen MR) is 81.4 cm³/mol. The first-order valence-electron chi connectivity index (χ1n) is 7.09. The zero-order valence-electron chi connectivity index (χ0n) is 12.2. The first kappa shape index (κ1) is 14.2. The van der Waals surface area contributed by atoms with Crippen molar-refractivity contribution in [3.63, 3.8) is 0 Å². The molecule has 0 aromatic carbocycles. The van der Waals surface area contributed by atoms with Crippen LogP contribution < -0.4 is 5.32 Å². The average Bonchev–Trinajstić information content (AvgIpc) is 3.09. The Morgan fingerprint density at radius 1 is 1.43 bits per heavy atom. The van der Waals surface area contributed by atoms with Crippen LogP contribution in [0.3, 0.4) is 0 Å². The van der Waals surface area contributed by atoms with Crippen LogP contribution in [0.5, 0.6) is 0 Å². The van der Waals surface area contributed by atoms with Crippen LogP contribution >= 0.6 is 11.3 Å². The molecule has 2 atom stereocenters. The third-order valence-electron chi connectivity index (χ3n) is 3.50. The number of carbonyl (C=O) groups is 1. The Balaban J connectivity index is 1.69. The Bertz CT molecular complexity index is 599. The fraction of sp³-hybridized carbons (Fsp3) is 0.500. The molecule has 3 rings (SSSR count). The molecule has 3 heterocycles. The van der Waals surface area contributed by atoms with Gasteiger partial charge in [-0.3, -0.25) is 4.79 Å². The van der Waals surface area contributed by atoms with Gasteiger partial charge in [0.2, 0.25) is 0 Å². The standard InChI is InChI=1S/C14H19N5OS/c1-10-6-18(7-11(2)15-10)14(20)13-9-19(17-16-13)8-12-4-3-5-21-12/h3-5,9-11,15H,6-8H2,1-2H3/t10-,11-/m1/s1. The molecule has 0 radical (unpaired) electrons. The van der Waals surface area contributed by atoms with Gasteiger partial charge >= 0.3 is 0 Å². The van der Waals surface area contributed by atoms with Crippen LogP contribution in [0.25, 0.3) is 0 Å². The van der Waals surface area contributed by atoms with Gasteiger partial charge in [0.25, 0.3) is 5.91 Å². The number of nitrogens with one attached hydrogen (secondary N) is 1. The van der Waals surface area contributed by atoms with E-state index < -0.39 is 0 Å². The summed E-state index contributed by atoms with van der Waals surface area (Å²) in [6.07, 6.45) is 1.74. The van der Waals surface area contributed by atoms with E-state index in [4.69, 9.17) is 0 Å². The highest BCUT2D eigenvalue weighted by molar-refractivity contribution is 7.09. The van der Waals surface area contributed by atoms with Gasteiger partial charge in [0.1, 0.15) is 0 Å². The molecule has 1 aliphatic rings. The molecule has 2 aromatic rings. The Morgan fingerprint density at radius 3 is 2.86 bits per heavy atom. The Kier molecular flexibility index (Phi) is 4.03.